The lowest BCUT2D eigenvalue weighted by molar-refractivity contribution is 0.0601. The maximum Gasteiger partial charge on any atom is 0.337 e. The van der Waals surface area contributed by atoms with Crippen LogP contribution in [0.1, 0.15) is 15.9 Å². The predicted octanol–water partition coefficient (Wildman–Crippen LogP) is 2.09. The normalized spacial score (nSPS) is 14.1. The van der Waals surface area contributed by atoms with Gasteiger partial charge in [-0.25, -0.2) is 4.79 Å². The summed E-state index contributed by atoms with van der Waals surface area (Å²) in [6.07, 6.45) is 1.05. The van der Waals surface area contributed by atoms with Crippen LogP contribution in [0.25, 0.3) is 0 Å². The molecule has 14 heavy (non-hydrogen) atoms. The lowest BCUT2D eigenvalue weighted by atomic mass is 10.1. The van der Waals surface area contributed by atoms with Crippen LogP contribution in [0.4, 0.5) is 5.69 Å². The second-order valence-electron chi connectivity index (χ2n) is 3.06. The highest BCUT2D eigenvalue weighted by Gasteiger charge is 2.12. The van der Waals surface area contributed by atoms with E-state index in [0.29, 0.717) is 5.56 Å². The van der Waals surface area contributed by atoms with Crippen molar-refractivity contribution in [1.29, 1.82) is 0 Å². The molecule has 0 radical (unpaired) electrons. The van der Waals surface area contributed by atoms with Gasteiger partial charge >= 0.3 is 5.97 Å². The molecule has 0 spiro atoms. The Bertz CT molecular complexity index is 365. The van der Waals surface area contributed by atoms with Crippen molar-refractivity contribution < 1.29 is 9.53 Å². The highest BCUT2D eigenvalue weighted by molar-refractivity contribution is 8.00. The van der Waals surface area contributed by atoms with Crippen molar-refractivity contribution in [3.8, 4) is 0 Å². The summed E-state index contributed by atoms with van der Waals surface area (Å²) < 4.78 is 7.84. The van der Waals surface area contributed by atoms with Gasteiger partial charge in [-0.05, 0) is 24.1 Å². The van der Waals surface area contributed by atoms with Gasteiger partial charge in [-0.15, -0.1) is 0 Å². The van der Waals surface area contributed by atoms with Gasteiger partial charge in [-0.1, -0.05) is 18.0 Å². The van der Waals surface area contributed by atoms with Gasteiger partial charge in [0.1, 0.15) is 0 Å². The minimum Gasteiger partial charge on any atom is -0.465 e. The van der Waals surface area contributed by atoms with Crippen LogP contribution < -0.4 is 4.72 Å². The van der Waals surface area contributed by atoms with E-state index >= 15 is 0 Å². The fourth-order valence-electron chi connectivity index (χ4n) is 1.42. The van der Waals surface area contributed by atoms with Crippen LogP contribution in [0.2, 0.25) is 0 Å². The third-order valence-electron chi connectivity index (χ3n) is 2.19. The van der Waals surface area contributed by atoms with Gasteiger partial charge in [0.25, 0.3) is 0 Å². The average molecular weight is 209 g/mol. The van der Waals surface area contributed by atoms with Crippen LogP contribution >= 0.6 is 11.9 Å². The lowest BCUT2D eigenvalue weighted by Gasteiger charge is -2.17. The molecule has 1 aromatic carbocycles. The molecule has 0 aliphatic carbocycles. The lowest BCUT2D eigenvalue weighted by Crippen LogP contribution is -2.07. The van der Waals surface area contributed by atoms with Crippen molar-refractivity contribution in [3.63, 3.8) is 0 Å². The third kappa shape index (κ3) is 1.70. The molecule has 3 nitrogen and oxygen atoms in total. The monoisotopic (exact) mass is 209 g/mol. The molecule has 0 amide bonds. The number of carbonyl (C=O) groups is 1. The van der Waals surface area contributed by atoms with Gasteiger partial charge in [0, 0.05) is 11.4 Å². The maximum atomic E-state index is 11.2. The molecule has 0 saturated carbocycles. The summed E-state index contributed by atoms with van der Waals surface area (Å²) in [6, 6.07) is 5.63. The molecule has 0 aromatic heterocycles. The van der Waals surface area contributed by atoms with Crippen LogP contribution in [-0.2, 0) is 11.2 Å². The number of rotatable bonds is 1. The molecule has 0 unspecified atom stereocenters. The fraction of sp³-hybridized carbons (Fsp3) is 0.300. The predicted molar refractivity (Wildman–Crippen MR) is 57.6 cm³/mol. The van der Waals surface area contributed by atoms with Crippen molar-refractivity contribution in [2.75, 3.05) is 17.6 Å². The molecule has 0 atom stereocenters. The number of hydrogen-bond donors (Lipinski definition) is 1. The quantitative estimate of drug-likeness (QED) is 0.567. The van der Waals surface area contributed by atoms with Gasteiger partial charge in [-0.3, -0.25) is 0 Å². The molecule has 2 rings (SSSR count). The Morgan fingerprint density at radius 1 is 1.57 bits per heavy atom. The number of ether oxygens (including phenoxy) is 1. The summed E-state index contributed by atoms with van der Waals surface area (Å²) in [5.41, 5.74) is 2.89. The number of anilines is 1. The smallest absolute Gasteiger partial charge is 0.337 e. The average Bonchev–Trinajstić information content (AvgIpc) is 2.27. The molecule has 1 aliphatic heterocycles. The number of benzene rings is 1. The van der Waals surface area contributed by atoms with Crippen LogP contribution in [0, 0.1) is 0 Å². The topological polar surface area (TPSA) is 38.3 Å². The summed E-state index contributed by atoms with van der Waals surface area (Å²) in [5, 5.41) is 0. The molecular formula is C10H11NO2S. The minimum absolute atomic E-state index is 0.287. The molecule has 74 valence electrons. The van der Waals surface area contributed by atoms with Crippen molar-refractivity contribution >= 4 is 23.6 Å². The summed E-state index contributed by atoms with van der Waals surface area (Å²) in [6.45, 7) is 0. The van der Waals surface area contributed by atoms with Crippen molar-refractivity contribution in [2.24, 2.45) is 0 Å². The first-order valence-corrected chi connectivity index (χ1v) is 5.39. The van der Waals surface area contributed by atoms with Gasteiger partial charge in [0.05, 0.1) is 12.7 Å². The van der Waals surface area contributed by atoms with Crippen LogP contribution in [0.3, 0.4) is 0 Å². The SMILES string of the molecule is COC(=O)c1ccc2c(c1)NSCC2. The van der Waals surface area contributed by atoms with E-state index in [1.165, 1.54) is 12.7 Å². The van der Waals surface area contributed by atoms with E-state index in [1.807, 2.05) is 18.2 Å². The third-order valence-corrected chi connectivity index (χ3v) is 2.96. The van der Waals surface area contributed by atoms with Crippen molar-refractivity contribution in [2.45, 2.75) is 6.42 Å². The Labute approximate surface area is 87.0 Å². The maximum absolute atomic E-state index is 11.2. The number of hydrogen-bond acceptors (Lipinski definition) is 4. The van der Waals surface area contributed by atoms with Crippen molar-refractivity contribution in [1.82, 2.24) is 0 Å². The van der Waals surface area contributed by atoms with Crippen molar-refractivity contribution in [3.05, 3.63) is 29.3 Å². The van der Waals surface area contributed by atoms with E-state index in [1.54, 1.807) is 11.9 Å². The minimum atomic E-state index is -0.287. The first-order valence-electron chi connectivity index (χ1n) is 4.40. The van der Waals surface area contributed by atoms with E-state index in [2.05, 4.69) is 9.46 Å². The molecule has 0 bridgehead atoms. The number of carbonyl (C=O) groups excluding carboxylic acids is 1. The van der Waals surface area contributed by atoms with Gasteiger partial charge in [-0.2, -0.15) is 0 Å². The molecule has 1 aromatic rings. The Balaban J connectivity index is 2.33. The second-order valence-corrected chi connectivity index (χ2v) is 3.97. The Morgan fingerprint density at radius 2 is 2.43 bits per heavy atom. The molecule has 0 saturated heterocycles. The van der Waals surface area contributed by atoms with E-state index in [0.717, 1.165) is 17.9 Å². The summed E-state index contributed by atoms with van der Waals surface area (Å²) in [7, 11) is 1.39. The molecular weight excluding hydrogens is 198 g/mol. The molecule has 1 N–H and O–H groups in total. The number of aryl methyl sites for hydroxylation is 1. The number of methoxy groups -OCH3 is 1. The number of fused-ring (bicyclic) bond motifs is 1. The summed E-state index contributed by atoms with van der Waals surface area (Å²) in [4.78, 5) is 11.2. The highest BCUT2D eigenvalue weighted by atomic mass is 32.2. The van der Waals surface area contributed by atoms with E-state index < -0.39 is 0 Å². The van der Waals surface area contributed by atoms with Crippen LogP contribution in [0.5, 0.6) is 0 Å². The van der Waals surface area contributed by atoms with E-state index in [9.17, 15) is 4.79 Å². The largest absolute Gasteiger partial charge is 0.465 e. The summed E-state index contributed by atoms with van der Waals surface area (Å²) in [5.74, 6) is 0.787. The molecule has 1 aliphatic rings. The van der Waals surface area contributed by atoms with Gasteiger partial charge in [0.2, 0.25) is 0 Å². The zero-order valence-electron chi connectivity index (χ0n) is 7.87. The van der Waals surface area contributed by atoms with Gasteiger partial charge in [0.15, 0.2) is 0 Å². The highest BCUT2D eigenvalue weighted by Crippen LogP contribution is 2.27. The number of nitrogens with one attached hydrogen (secondary N) is 1. The van der Waals surface area contributed by atoms with E-state index in [-0.39, 0.29) is 5.97 Å². The number of esters is 1. The second kappa shape index (κ2) is 3.92. The molecule has 0 fully saturated rings. The van der Waals surface area contributed by atoms with Gasteiger partial charge < -0.3 is 9.46 Å². The van der Waals surface area contributed by atoms with Crippen LogP contribution in [-0.4, -0.2) is 18.8 Å². The fourth-order valence-corrected chi connectivity index (χ4v) is 2.19. The molecule has 1 heterocycles. The van der Waals surface area contributed by atoms with Crippen LogP contribution in [0.15, 0.2) is 18.2 Å². The Morgan fingerprint density at radius 3 is 3.21 bits per heavy atom. The Hall–Kier alpha value is -1.16. The molecule has 4 heteroatoms. The first kappa shape index (κ1) is 9.40. The summed E-state index contributed by atoms with van der Waals surface area (Å²) >= 11 is 1.66. The Kier molecular flexibility index (Phi) is 2.63. The standard InChI is InChI=1S/C10H11NO2S/c1-13-10(12)8-3-2-7-4-5-14-11-9(7)6-8/h2-3,6,11H,4-5H2,1H3. The van der Waals surface area contributed by atoms with E-state index in [4.69, 9.17) is 0 Å². The first-order chi connectivity index (χ1) is 6.81. The zero-order chi connectivity index (χ0) is 9.97. The zero-order valence-corrected chi connectivity index (χ0v) is 8.69.